The highest BCUT2D eigenvalue weighted by atomic mass is 16.6. The topological polar surface area (TPSA) is 73.9 Å². The van der Waals surface area contributed by atoms with Crippen LogP contribution in [0.1, 0.15) is 66.7 Å². The van der Waals surface area contributed by atoms with E-state index in [0.29, 0.717) is 0 Å². The fourth-order valence-electron chi connectivity index (χ4n) is 3.60. The van der Waals surface area contributed by atoms with E-state index in [-0.39, 0.29) is 18.1 Å². The Labute approximate surface area is 174 Å². The molecule has 1 aliphatic carbocycles. The number of amides is 1. The smallest absolute Gasteiger partial charge is 0.408 e. The molecule has 162 valence electrons. The first-order valence-electron chi connectivity index (χ1n) is 10.6. The molecule has 6 heteroatoms. The predicted octanol–water partition coefficient (Wildman–Crippen LogP) is 4.86. The highest BCUT2D eigenvalue weighted by molar-refractivity contribution is 5.81. The Hall–Kier alpha value is -2.24. The average Bonchev–Trinajstić information content (AvgIpc) is 2.65. The zero-order valence-electron chi connectivity index (χ0n) is 18.3. The second-order valence-electron chi connectivity index (χ2n) is 8.80. The lowest BCUT2D eigenvalue weighted by molar-refractivity contribution is -0.160. The van der Waals surface area contributed by atoms with Crippen molar-refractivity contribution >= 4 is 12.1 Å². The largest absolute Gasteiger partial charge is 0.487 e. The van der Waals surface area contributed by atoms with Crippen LogP contribution in [0.5, 0.6) is 5.75 Å². The zero-order chi connectivity index (χ0) is 21.4. The van der Waals surface area contributed by atoms with Gasteiger partial charge >= 0.3 is 12.1 Å². The highest BCUT2D eigenvalue weighted by Crippen LogP contribution is 2.31. The first-order chi connectivity index (χ1) is 13.7. The van der Waals surface area contributed by atoms with Crippen LogP contribution in [0, 0.1) is 5.92 Å². The fourth-order valence-corrected chi connectivity index (χ4v) is 3.60. The summed E-state index contributed by atoms with van der Waals surface area (Å²) in [6, 6.07) is 8.74. The molecule has 0 spiro atoms. The van der Waals surface area contributed by atoms with Crippen LogP contribution in [-0.2, 0) is 14.3 Å². The number of hydrogen-bond acceptors (Lipinski definition) is 5. The number of hydrogen-bond donors (Lipinski definition) is 1. The van der Waals surface area contributed by atoms with Gasteiger partial charge in [-0.25, -0.2) is 9.59 Å². The summed E-state index contributed by atoms with van der Waals surface area (Å²) >= 11 is 0. The predicted molar refractivity (Wildman–Crippen MR) is 112 cm³/mol. The highest BCUT2D eigenvalue weighted by Gasteiger charge is 2.34. The summed E-state index contributed by atoms with van der Waals surface area (Å²) in [5.74, 6) is 0.520. The van der Waals surface area contributed by atoms with Gasteiger partial charge in [-0.1, -0.05) is 37.5 Å². The summed E-state index contributed by atoms with van der Waals surface area (Å²) in [6.45, 7) is 8.87. The molecule has 0 aliphatic heterocycles. The van der Waals surface area contributed by atoms with Gasteiger partial charge < -0.3 is 19.5 Å². The fraction of sp³-hybridized carbons (Fsp3) is 0.652. The van der Waals surface area contributed by atoms with E-state index in [4.69, 9.17) is 14.2 Å². The summed E-state index contributed by atoms with van der Waals surface area (Å²) in [5.41, 5.74) is -0.629. The first-order valence-corrected chi connectivity index (χ1v) is 10.6. The Bertz CT molecular complexity index is 649. The molecule has 0 bridgehead atoms. The normalized spacial score (nSPS) is 18.2. The molecule has 1 aliphatic rings. The number of esters is 1. The Balaban J connectivity index is 2.02. The van der Waals surface area contributed by atoms with E-state index in [9.17, 15) is 9.59 Å². The molecule has 2 rings (SSSR count). The van der Waals surface area contributed by atoms with Gasteiger partial charge in [0.15, 0.2) is 0 Å². The standard InChI is InChI=1S/C23H35NO5/c1-16(24-22(26)29-23(3,4)5)21(25)28-20(18-12-8-6-9-13-18)17(2)27-19-14-10-7-11-15-19/h7,10-11,14-18,20H,6,8-9,12-13H2,1-5H3,(H,24,26)/t16-,17-,20?/m0/s1. The van der Waals surface area contributed by atoms with Crippen molar-refractivity contribution < 1.29 is 23.8 Å². The second-order valence-corrected chi connectivity index (χ2v) is 8.80. The molecule has 1 aromatic rings. The number of rotatable bonds is 7. The van der Waals surface area contributed by atoms with E-state index in [0.717, 1.165) is 31.4 Å². The van der Waals surface area contributed by atoms with Crippen LogP contribution in [0.4, 0.5) is 4.79 Å². The number of nitrogens with one attached hydrogen (secondary N) is 1. The Kier molecular flexibility index (Phi) is 8.35. The number of carbonyl (C=O) groups excluding carboxylic acids is 2. The average molecular weight is 406 g/mol. The molecule has 1 saturated carbocycles. The minimum Gasteiger partial charge on any atom is -0.487 e. The summed E-state index contributed by atoms with van der Waals surface area (Å²) < 4.78 is 17.2. The summed E-state index contributed by atoms with van der Waals surface area (Å²) in [4.78, 5) is 24.7. The maximum Gasteiger partial charge on any atom is 0.408 e. The van der Waals surface area contributed by atoms with Crippen LogP contribution >= 0.6 is 0 Å². The number of ether oxygens (including phenoxy) is 3. The van der Waals surface area contributed by atoms with Crippen molar-refractivity contribution in [1.29, 1.82) is 0 Å². The molecule has 1 aromatic carbocycles. The monoisotopic (exact) mass is 405 g/mol. The van der Waals surface area contributed by atoms with E-state index < -0.39 is 23.7 Å². The molecule has 0 radical (unpaired) electrons. The van der Waals surface area contributed by atoms with Gasteiger partial charge in [-0.05, 0) is 65.5 Å². The Morgan fingerprint density at radius 3 is 2.24 bits per heavy atom. The molecule has 6 nitrogen and oxygen atoms in total. The lowest BCUT2D eigenvalue weighted by Crippen LogP contribution is -2.47. The molecule has 0 aromatic heterocycles. The van der Waals surface area contributed by atoms with Crippen LogP contribution in [0.25, 0.3) is 0 Å². The van der Waals surface area contributed by atoms with E-state index in [1.165, 1.54) is 6.42 Å². The first kappa shape index (κ1) is 23.0. The van der Waals surface area contributed by atoms with Crippen molar-refractivity contribution in [2.75, 3.05) is 0 Å². The molecule has 1 fully saturated rings. The van der Waals surface area contributed by atoms with Gasteiger partial charge in [-0.15, -0.1) is 0 Å². The maximum atomic E-state index is 12.7. The lowest BCUT2D eigenvalue weighted by atomic mass is 9.83. The van der Waals surface area contributed by atoms with Crippen molar-refractivity contribution in [1.82, 2.24) is 5.32 Å². The van der Waals surface area contributed by atoms with Gasteiger partial charge in [-0.3, -0.25) is 0 Å². The molecular formula is C23H35NO5. The minimum atomic E-state index is -0.806. The van der Waals surface area contributed by atoms with Gasteiger partial charge in [0.25, 0.3) is 0 Å². The molecule has 29 heavy (non-hydrogen) atoms. The SMILES string of the molecule is C[C@H](NC(=O)OC(C)(C)C)C(=O)OC(C1CCCCC1)[C@H](C)Oc1ccccc1. The molecule has 1 N–H and O–H groups in total. The summed E-state index contributed by atoms with van der Waals surface area (Å²) in [7, 11) is 0. The van der Waals surface area contributed by atoms with E-state index in [2.05, 4.69) is 5.32 Å². The molecular weight excluding hydrogens is 370 g/mol. The van der Waals surface area contributed by atoms with Gasteiger partial charge in [0.2, 0.25) is 0 Å². The molecule has 1 amide bonds. The van der Waals surface area contributed by atoms with Crippen LogP contribution in [0.2, 0.25) is 0 Å². The van der Waals surface area contributed by atoms with Crippen molar-refractivity contribution in [3.8, 4) is 5.75 Å². The van der Waals surface area contributed by atoms with Gasteiger partial charge in [0.05, 0.1) is 0 Å². The maximum absolute atomic E-state index is 12.7. The van der Waals surface area contributed by atoms with Crippen LogP contribution < -0.4 is 10.1 Å². The molecule has 0 heterocycles. The minimum absolute atomic E-state index is 0.250. The molecule has 1 unspecified atom stereocenters. The Morgan fingerprint density at radius 1 is 1.03 bits per heavy atom. The molecule has 3 atom stereocenters. The summed E-state index contributed by atoms with van der Waals surface area (Å²) in [6.07, 6.45) is 4.18. The van der Waals surface area contributed by atoms with Crippen LogP contribution in [0.15, 0.2) is 30.3 Å². The number of para-hydroxylation sites is 1. The van der Waals surface area contributed by atoms with Crippen molar-refractivity contribution in [3.05, 3.63) is 30.3 Å². The lowest BCUT2D eigenvalue weighted by Gasteiger charge is -2.34. The van der Waals surface area contributed by atoms with E-state index >= 15 is 0 Å². The van der Waals surface area contributed by atoms with E-state index in [1.54, 1.807) is 27.7 Å². The number of benzene rings is 1. The van der Waals surface area contributed by atoms with Crippen LogP contribution in [-0.4, -0.2) is 35.9 Å². The third kappa shape index (κ3) is 7.95. The zero-order valence-corrected chi connectivity index (χ0v) is 18.3. The summed E-state index contributed by atoms with van der Waals surface area (Å²) in [5, 5.41) is 2.56. The van der Waals surface area contributed by atoms with E-state index in [1.807, 2.05) is 37.3 Å². The van der Waals surface area contributed by atoms with Crippen molar-refractivity contribution in [3.63, 3.8) is 0 Å². The quantitative estimate of drug-likeness (QED) is 0.656. The third-order valence-corrected chi connectivity index (χ3v) is 4.98. The van der Waals surface area contributed by atoms with Crippen LogP contribution in [0.3, 0.4) is 0 Å². The van der Waals surface area contributed by atoms with Crippen molar-refractivity contribution in [2.45, 2.75) is 90.6 Å². The number of carbonyl (C=O) groups is 2. The van der Waals surface area contributed by atoms with Gasteiger partial charge in [0, 0.05) is 0 Å². The second kappa shape index (κ2) is 10.5. The van der Waals surface area contributed by atoms with Gasteiger partial charge in [-0.2, -0.15) is 0 Å². The van der Waals surface area contributed by atoms with Gasteiger partial charge in [0.1, 0.15) is 29.6 Å². The van der Waals surface area contributed by atoms with Crippen molar-refractivity contribution in [2.24, 2.45) is 5.92 Å². The Morgan fingerprint density at radius 2 is 1.66 bits per heavy atom. The number of alkyl carbamates (subject to hydrolysis) is 1. The molecule has 0 saturated heterocycles. The third-order valence-electron chi connectivity index (χ3n) is 4.98.